The summed E-state index contributed by atoms with van der Waals surface area (Å²) in [6, 6.07) is 19.2. The number of anilines is 2. The molecule has 0 bridgehead atoms. The standard InChI is InChI=1S/C26H19N3O10S3.Na/c30-23-14-18(41(34,35)36)12-15-11-17(40(31,32)33)13-22(25(15)23)29-28-20-9-10-21(27-16-5-2-1-3-6-16)26-19(20)7-4-8-24(26)42(37,38)39;/h1-14,27,30H,(H,31,32,33)(H,34,35,36)(H,37,38,39);/q;+1. The maximum atomic E-state index is 12.3. The van der Waals surface area contributed by atoms with Crippen LogP contribution < -0.4 is 34.9 Å². The van der Waals surface area contributed by atoms with Gasteiger partial charge in [0.05, 0.1) is 26.6 Å². The molecule has 0 spiro atoms. The molecule has 0 aromatic heterocycles. The maximum absolute atomic E-state index is 12.3. The Kier molecular flexibility index (Phi) is 8.99. The Morgan fingerprint density at radius 3 is 1.81 bits per heavy atom. The van der Waals surface area contributed by atoms with Gasteiger partial charge in [-0.25, -0.2) is 0 Å². The Morgan fingerprint density at radius 2 is 1.21 bits per heavy atom. The molecule has 0 aliphatic rings. The molecule has 0 heterocycles. The Labute approximate surface area is 267 Å². The Morgan fingerprint density at radius 1 is 0.605 bits per heavy atom. The molecule has 43 heavy (non-hydrogen) atoms. The zero-order valence-corrected chi connectivity index (χ0v) is 26.4. The van der Waals surface area contributed by atoms with Crippen LogP contribution in [0.1, 0.15) is 0 Å². The minimum Gasteiger partial charge on any atom is -0.507 e. The average Bonchev–Trinajstić information content (AvgIpc) is 2.90. The van der Waals surface area contributed by atoms with Crippen LogP contribution in [0.5, 0.6) is 5.75 Å². The zero-order chi connectivity index (χ0) is 30.4. The Hall–Kier alpha value is -3.45. The van der Waals surface area contributed by atoms with E-state index in [1.165, 1.54) is 30.3 Å². The van der Waals surface area contributed by atoms with E-state index in [4.69, 9.17) is 0 Å². The number of hydrogen-bond donors (Lipinski definition) is 5. The quantitative estimate of drug-likeness (QED) is 0.0977. The van der Waals surface area contributed by atoms with Gasteiger partial charge >= 0.3 is 29.6 Å². The summed E-state index contributed by atoms with van der Waals surface area (Å²) in [5.41, 5.74) is 0.669. The molecule has 216 valence electrons. The number of hydrogen-bond acceptors (Lipinski definition) is 10. The van der Waals surface area contributed by atoms with Gasteiger partial charge in [-0.1, -0.05) is 30.3 Å². The fourth-order valence-corrected chi connectivity index (χ4v) is 6.14. The number of phenols is 1. The zero-order valence-electron chi connectivity index (χ0n) is 21.9. The van der Waals surface area contributed by atoms with E-state index in [-0.39, 0.29) is 62.5 Å². The van der Waals surface area contributed by atoms with Crippen LogP contribution in [-0.4, -0.2) is 44.0 Å². The van der Waals surface area contributed by atoms with Gasteiger partial charge in [0.2, 0.25) is 0 Å². The predicted molar refractivity (Wildman–Crippen MR) is 153 cm³/mol. The second-order valence-electron chi connectivity index (χ2n) is 8.91. The number of benzene rings is 5. The van der Waals surface area contributed by atoms with Gasteiger partial charge in [0.1, 0.15) is 10.6 Å². The fraction of sp³-hybridized carbons (Fsp3) is 0. The van der Waals surface area contributed by atoms with Crippen molar-refractivity contribution in [3.8, 4) is 5.75 Å². The summed E-state index contributed by atoms with van der Waals surface area (Å²) in [5, 5.41) is 21.7. The minimum atomic E-state index is -4.85. The molecule has 0 fully saturated rings. The van der Waals surface area contributed by atoms with E-state index in [1.807, 2.05) is 0 Å². The van der Waals surface area contributed by atoms with Crippen LogP contribution in [0.15, 0.2) is 110 Å². The van der Waals surface area contributed by atoms with Gasteiger partial charge < -0.3 is 10.4 Å². The molecule has 0 aliphatic carbocycles. The van der Waals surface area contributed by atoms with Crippen LogP contribution in [0.4, 0.5) is 22.7 Å². The fourth-order valence-electron chi connectivity index (χ4n) is 4.34. The maximum Gasteiger partial charge on any atom is 1.00 e. The van der Waals surface area contributed by atoms with Gasteiger partial charge in [-0.05, 0) is 53.9 Å². The van der Waals surface area contributed by atoms with E-state index in [2.05, 4.69) is 15.5 Å². The average molecular weight is 653 g/mol. The van der Waals surface area contributed by atoms with Crippen LogP contribution >= 0.6 is 0 Å². The molecule has 13 nitrogen and oxygen atoms in total. The van der Waals surface area contributed by atoms with Gasteiger partial charge in [-0.3, -0.25) is 13.7 Å². The number of azo groups is 1. The van der Waals surface area contributed by atoms with Crippen LogP contribution in [-0.2, 0) is 30.4 Å². The topological polar surface area (TPSA) is 220 Å². The van der Waals surface area contributed by atoms with Crippen LogP contribution in [0, 0.1) is 0 Å². The largest absolute Gasteiger partial charge is 1.00 e. The Bertz CT molecular complexity index is 2260. The summed E-state index contributed by atoms with van der Waals surface area (Å²) in [6.07, 6.45) is 0. The van der Waals surface area contributed by atoms with Crippen molar-refractivity contribution in [3.05, 3.63) is 84.9 Å². The normalized spacial score (nSPS) is 12.4. The number of fused-ring (bicyclic) bond motifs is 2. The molecule has 0 radical (unpaired) electrons. The minimum absolute atomic E-state index is 0. The molecule has 0 saturated heterocycles. The second-order valence-corrected chi connectivity index (χ2v) is 13.1. The predicted octanol–water partition coefficient (Wildman–Crippen LogP) is 2.60. The van der Waals surface area contributed by atoms with E-state index in [0.29, 0.717) is 11.4 Å². The first-order valence-corrected chi connectivity index (χ1v) is 16.0. The van der Waals surface area contributed by atoms with E-state index in [9.17, 15) is 44.0 Å². The summed E-state index contributed by atoms with van der Waals surface area (Å²) >= 11 is 0. The number of nitrogens with one attached hydrogen (secondary N) is 1. The molecule has 0 atom stereocenters. The van der Waals surface area contributed by atoms with Crippen molar-refractivity contribution in [2.24, 2.45) is 10.2 Å². The molecule has 5 aromatic rings. The molecule has 5 rings (SSSR count). The molecule has 0 saturated carbocycles. The summed E-state index contributed by atoms with van der Waals surface area (Å²) in [7, 11) is -14.4. The van der Waals surface area contributed by atoms with Gasteiger partial charge in [0, 0.05) is 28.2 Å². The smallest absolute Gasteiger partial charge is 0.507 e. The number of phenolic OH excluding ortho intramolecular Hbond substituents is 1. The third-order valence-electron chi connectivity index (χ3n) is 6.13. The van der Waals surface area contributed by atoms with Gasteiger partial charge in [-0.15, -0.1) is 10.2 Å². The summed E-state index contributed by atoms with van der Waals surface area (Å²) in [6.45, 7) is 0. The van der Waals surface area contributed by atoms with E-state index in [1.54, 1.807) is 30.3 Å². The summed E-state index contributed by atoms with van der Waals surface area (Å²) < 4.78 is 101. The number of para-hydroxylation sites is 1. The molecular formula is C26H19N3NaO10S3+. The first-order valence-electron chi connectivity index (χ1n) is 11.7. The van der Waals surface area contributed by atoms with Crippen LogP contribution in [0.2, 0.25) is 0 Å². The van der Waals surface area contributed by atoms with Gasteiger partial charge in [0.25, 0.3) is 30.4 Å². The second kappa shape index (κ2) is 11.9. The molecule has 0 aliphatic heterocycles. The molecule has 17 heteroatoms. The third kappa shape index (κ3) is 6.87. The van der Waals surface area contributed by atoms with Crippen LogP contribution in [0.3, 0.4) is 0 Å². The molecule has 0 unspecified atom stereocenters. The first-order chi connectivity index (χ1) is 19.6. The van der Waals surface area contributed by atoms with Gasteiger partial charge in [-0.2, -0.15) is 25.3 Å². The number of rotatable bonds is 7. The van der Waals surface area contributed by atoms with Crippen LogP contribution in [0.25, 0.3) is 21.5 Å². The molecular weight excluding hydrogens is 633 g/mol. The third-order valence-corrected chi connectivity index (χ3v) is 8.68. The molecule has 0 amide bonds. The van der Waals surface area contributed by atoms with Gasteiger partial charge in [0.15, 0.2) is 0 Å². The Balaban J connectivity index is 0.00000423. The van der Waals surface area contributed by atoms with E-state index < -0.39 is 50.8 Å². The first kappa shape index (κ1) is 32.5. The summed E-state index contributed by atoms with van der Waals surface area (Å²) in [5.74, 6) is -0.697. The van der Waals surface area contributed by atoms with Crippen molar-refractivity contribution >= 4 is 74.6 Å². The summed E-state index contributed by atoms with van der Waals surface area (Å²) in [4.78, 5) is -1.88. The van der Waals surface area contributed by atoms with Crippen molar-refractivity contribution in [2.75, 3.05) is 5.32 Å². The van der Waals surface area contributed by atoms with Crippen molar-refractivity contribution in [1.29, 1.82) is 0 Å². The van der Waals surface area contributed by atoms with Crippen molar-refractivity contribution in [2.45, 2.75) is 14.7 Å². The number of nitrogens with zero attached hydrogens (tertiary/aromatic N) is 2. The SMILES string of the molecule is O=S(=O)(O)c1cc(O)c2c(N=Nc3ccc(Nc4ccccc4)c4c(S(=O)(=O)O)cccc34)cc(S(=O)(=O)O)cc2c1.[Na+]. The van der Waals surface area contributed by atoms with Crippen molar-refractivity contribution in [1.82, 2.24) is 0 Å². The van der Waals surface area contributed by atoms with E-state index >= 15 is 0 Å². The number of aromatic hydroxyl groups is 1. The molecule has 5 aromatic carbocycles. The van der Waals surface area contributed by atoms with Crippen molar-refractivity contribution < 1.29 is 73.6 Å². The van der Waals surface area contributed by atoms with Crippen molar-refractivity contribution in [3.63, 3.8) is 0 Å². The molecule has 5 N–H and O–H groups in total. The van der Waals surface area contributed by atoms with E-state index in [0.717, 1.165) is 24.3 Å². The monoisotopic (exact) mass is 652 g/mol.